The second-order valence-electron chi connectivity index (χ2n) is 6.46. The molecule has 4 rings (SSSR count). The van der Waals surface area contributed by atoms with Gasteiger partial charge in [-0.25, -0.2) is 9.88 Å². The molecule has 0 radical (unpaired) electrons. The maximum absolute atomic E-state index is 12.9. The Balaban J connectivity index is 1.42. The molecule has 0 bridgehead atoms. The Morgan fingerprint density at radius 3 is 2.21 bits per heavy atom. The summed E-state index contributed by atoms with van der Waals surface area (Å²) < 4.78 is 18.0. The highest BCUT2D eigenvalue weighted by atomic mass is 31.2. The third kappa shape index (κ3) is 4.31. The van der Waals surface area contributed by atoms with Gasteiger partial charge in [0.1, 0.15) is 6.61 Å². The highest BCUT2D eigenvalue weighted by Gasteiger charge is 2.33. The molecule has 3 aromatic carbocycles. The second kappa shape index (κ2) is 7.81. The summed E-state index contributed by atoms with van der Waals surface area (Å²) in [5, 5.41) is 7.87. The van der Waals surface area contributed by atoms with Crippen LogP contribution < -0.4 is 15.3 Å². The highest BCUT2D eigenvalue weighted by Crippen LogP contribution is 2.51. The summed E-state index contributed by atoms with van der Waals surface area (Å²) in [6.45, 7) is 0.0648. The number of fused-ring (bicyclic) bond motifs is 1. The number of anilines is 2. The molecule has 29 heavy (non-hydrogen) atoms. The Morgan fingerprint density at radius 2 is 1.48 bits per heavy atom. The van der Waals surface area contributed by atoms with Gasteiger partial charge in [0, 0.05) is 11.1 Å². The van der Waals surface area contributed by atoms with E-state index in [1.54, 1.807) is 42.5 Å². The molecule has 0 saturated carbocycles. The minimum absolute atomic E-state index is 0.0648. The van der Waals surface area contributed by atoms with E-state index >= 15 is 0 Å². The van der Waals surface area contributed by atoms with Gasteiger partial charge in [0.25, 0.3) is 0 Å². The van der Waals surface area contributed by atoms with Crippen LogP contribution >= 0.6 is 7.59 Å². The number of nitrogens with one attached hydrogen (secondary N) is 3. The van der Waals surface area contributed by atoms with E-state index in [0.29, 0.717) is 22.5 Å². The monoisotopic (exact) mass is 407 g/mol. The quantitative estimate of drug-likeness (QED) is 0.416. The van der Waals surface area contributed by atoms with Crippen LogP contribution in [0.4, 0.5) is 16.2 Å². The summed E-state index contributed by atoms with van der Waals surface area (Å²) in [7, 11) is -3.49. The van der Waals surface area contributed by atoms with E-state index in [2.05, 4.69) is 15.3 Å². The zero-order valence-corrected chi connectivity index (χ0v) is 16.2. The van der Waals surface area contributed by atoms with Crippen LogP contribution in [-0.4, -0.2) is 11.9 Å². The first-order valence-corrected chi connectivity index (χ1v) is 10.6. The van der Waals surface area contributed by atoms with Gasteiger partial charge in [0.15, 0.2) is 5.78 Å². The smallest absolute Gasteiger partial charge is 0.415 e. The maximum Gasteiger partial charge on any atom is 0.415 e. The number of ketones is 1. The average Bonchev–Trinajstić information content (AvgIpc) is 3.07. The van der Waals surface area contributed by atoms with Crippen LogP contribution in [0.5, 0.6) is 0 Å². The van der Waals surface area contributed by atoms with Gasteiger partial charge in [-0.2, -0.15) is 0 Å². The molecule has 3 aromatic rings. The molecule has 1 heterocycles. The van der Waals surface area contributed by atoms with Crippen LogP contribution in [0.15, 0.2) is 78.9 Å². The van der Waals surface area contributed by atoms with Gasteiger partial charge in [-0.15, -0.1) is 0 Å². The Kier molecular flexibility index (Phi) is 5.06. The van der Waals surface area contributed by atoms with Gasteiger partial charge >= 0.3 is 13.7 Å². The Morgan fingerprint density at radius 1 is 0.828 bits per heavy atom. The molecule has 1 unspecified atom stereocenters. The van der Waals surface area contributed by atoms with Gasteiger partial charge in [-0.3, -0.25) is 9.36 Å². The van der Waals surface area contributed by atoms with Crippen LogP contribution in [0.25, 0.3) is 0 Å². The van der Waals surface area contributed by atoms with E-state index in [4.69, 9.17) is 4.74 Å². The average molecular weight is 407 g/mol. The maximum atomic E-state index is 12.9. The third-order valence-corrected chi connectivity index (χ3v) is 5.94. The van der Waals surface area contributed by atoms with Gasteiger partial charge in [-0.1, -0.05) is 60.7 Å². The number of rotatable bonds is 5. The van der Waals surface area contributed by atoms with Gasteiger partial charge in [-0.05, 0) is 23.8 Å². The summed E-state index contributed by atoms with van der Waals surface area (Å²) in [4.78, 5) is 24.6. The van der Waals surface area contributed by atoms with Crippen molar-refractivity contribution in [1.29, 1.82) is 0 Å². The fourth-order valence-corrected chi connectivity index (χ4v) is 4.49. The van der Waals surface area contributed by atoms with Crippen molar-refractivity contribution in [3.8, 4) is 0 Å². The fraction of sp³-hybridized carbons (Fsp3) is 0.0476. The number of benzene rings is 3. The van der Waals surface area contributed by atoms with Crippen molar-refractivity contribution in [1.82, 2.24) is 5.09 Å². The number of carbonyl (C=O) groups excluding carboxylic acids is 2. The molecule has 1 atom stereocenters. The fourth-order valence-electron chi connectivity index (χ4n) is 2.94. The van der Waals surface area contributed by atoms with Crippen LogP contribution in [0, 0.1) is 0 Å². The lowest BCUT2D eigenvalue weighted by Gasteiger charge is -2.14. The van der Waals surface area contributed by atoms with E-state index in [1.165, 1.54) is 0 Å². The molecule has 146 valence electrons. The van der Waals surface area contributed by atoms with Gasteiger partial charge < -0.3 is 14.9 Å². The van der Waals surface area contributed by atoms with Crippen molar-refractivity contribution in [2.75, 3.05) is 10.2 Å². The van der Waals surface area contributed by atoms with Crippen LogP contribution in [0.2, 0.25) is 0 Å². The van der Waals surface area contributed by atoms with Crippen molar-refractivity contribution >= 4 is 30.8 Å². The normalized spacial score (nSPS) is 16.8. The molecule has 0 spiro atoms. The first-order chi connectivity index (χ1) is 14.0. The summed E-state index contributed by atoms with van der Waals surface area (Å²) in [6.07, 6.45) is -0.814. The van der Waals surface area contributed by atoms with E-state index in [1.807, 2.05) is 36.4 Å². The molecule has 1 aliphatic rings. The Labute approximate surface area is 167 Å². The molecule has 0 saturated heterocycles. The van der Waals surface area contributed by atoms with E-state index < -0.39 is 13.7 Å². The number of amides is 1. The van der Waals surface area contributed by atoms with Crippen molar-refractivity contribution in [3.05, 3.63) is 95.6 Å². The zero-order valence-electron chi connectivity index (χ0n) is 15.3. The number of ether oxygens (including phenoxy) is 1. The third-order valence-electron chi connectivity index (χ3n) is 4.34. The minimum atomic E-state index is -3.49. The van der Waals surface area contributed by atoms with Crippen molar-refractivity contribution in [3.63, 3.8) is 0 Å². The summed E-state index contributed by atoms with van der Waals surface area (Å²) in [6, 6.07) is 23.0. The number of carbonyl (C=O) groups is 2. The lowest BCUT2D eigenvalue weighted by Crippen LogP contribution is -2.25. The molecular formula is C21H18N3O4P. The molecule has 0 aromatic heterocycles. The predicted molar refractivity (Wildman–Crippen MR) is 111 cm³/mol. The highest BCUT2D eigenvalue weighted by molar-refractivity contribution is 7.66. The molecule has 0 aliphatic carbocycles. The predicted octanol–water partition coefficient (Wildman–Crippen LogP) is 4.79. The summed E-state index contributed by atoms with van der Waals surface area (Å²) in [5.41, 5.74) is 2.83. The Bertz CT molecular complexity index is 1100. The van der Waals surface area contributed by atoms with Crippen LogP contribution in [0.1, 0.15) is 21.5 Å². The van der Waals surface area contributed by atoms with E-state index in [0.717, 1.165) is 5.56 Å². The molecular weight excluding hydrogens is 389 g/mol. The molecule has 3 N–H and O–H groups in total. The number of hydrogen-bond acceptors (Lipinski definition) is 4. The van der Waals surface area contributed by atoms with Crippen molar-refractivity contribution in [2.24, 2.45) is 0 Å². The Hall–Kier alpha value is -3.57. The molecule has 0 fully saturated rings. The summed E-state index contributed by atoms with van der Waals surface area (Å²) in [5.74, 6) is -0.146. The summed E-state index contributed by atoms with van der Waals surface area (Å²) >= 11 is 0. The SMILES string of the molecule is O=C(NP1(=O)Nc2ccc(C(=O)c3ccccc3)cc2N1)OCc1ccccc1. The van der Waals surface area contributed by atoms with E-state index in [-0.39, 0.29) is 12.4 Å². The standard InChI is InChI=1S/C21H18N3O4P/c25-20(16-9-5-2-6-10-16)17-11-12-18-19(13-17)23-29(27,22-18)24-21(26)28-14-15-7-3-1-4-8-15/h1-13H,14H2,(H3,22,23,24,26,27). The van der Waals surface area contributed by atoms with Crippen LogP contribution in [-0.2, 0) is 15.9 Å². The topological polar surface area (TPSA) is 96.5 Å². The van der Waals surface area contributed by atoms with E-state index in [9.17, 15) is 14.2 Å². The second-order valence-corrected chi connectivity index (χ2v) is 8.35. The molecule has 1 amide bonds. The lowest BCUT2D eigenvalue weighted by molar-refractivity contribution is 0.103. The molecule has 7 nitrogen and oxygen atoms in total. The zero-order chi connectivity index (χ0) is 20.3. The van der Waals surface area contributed by atoms with Gasteiger partial charge in [0.2, 0.25) is 0 Å². The lowest BCUT2D eigenvalue weighted by atomic mass is 10.0. The van der Waals surface area contributed by atoms with Crippen molar-refractivity contribution < 1.29 is 18.9 Å². The van der Waals surface area contributed by atoms with Gasteiger partial charge in [0.05, 0.1) is 11.4 Å². The van der Waals surface area contributed by atoms with Crippen LogP contribution in [0.3, 0.4) is 0 Å². The number of hydrogen-bond donors (Lipinski definition) is 3. The first-order valence-electron chi connectivity index (χ1n) is 8.92. The van der Waals surface area contributed by atoms with Crippen molar-refractivity contribution in [2.45, 2.75) is 6.61 Å². The largest absolute Gasteiger partial charge is 0.444 e. The molecule has 1 aliphatic heterocycles. The first kappa shape index (κ1) is 18.8. The minimum Gasteiger partial charge on any atom is -0.444 e. The molecule has 8 heteroatoms.